The van der Waals surface area contributed by atoms with Gasteiger partial charge in [0.1, 0.15) is 60.7 Å². The topological polar surface area (TPSA) is 384 Å². The number of rotatable bonds is 10. The largest absolute Gasteiger partial charge is 1.00 e. The molecule has 21 nitrogen and oxygen atoms in total. The van der Waals surface area contributed by atoms with Crippen LogP contribution in [0.15, 0.2) is 126 Å². The molecule has 0 aromatic heterocycles. The van der Waals surface area contributed by atoms with Crippen molar-refractivity contribution in [2.75, 3.05) is 10.6 Å². The van der Waals surface area contributed by atoms with Crippen molar-refractivity contribution in [1.29, 1.82) is 0 Å². The second-order valence-corrected chi connectivity index (χ2v) is 20.5. The molecule has 0 radical (unpaired) electrons. The summed E-state index contributed by atoms with van der Waals surface area (Å²) in [5.41, 5.74) is -0.804. The van der Waals surface area contributed by atoms with Crippen molar-refractivity contribution in [1.82, 2.24) is 0 Å². The van der Waals surface area contributed by atoms with Crippen molar-refractivity contribution < 1.29 is 260 Å². The fraction of sp³-hybridized carbons (Fsp3) is 0. The first kappa shape index (κ1) is 66.6. The number of nitrogens with one attached hydrogen (secondary N) is 2. The summed E-state index contributed by atoms with van der Waals surface area (Å²) in [6.07, 6.45) is 0. The zero-order valence-electron chi connectivity index (χ0n) is 34.9. The van der Waals surface area contributed by atoms with Crippen LogP contribution < -0.4 is 188 Å². The molecule has 2 amide bonds. The summed E-state index contributed by atoms with van der Waals surface area (Å²) in [5.74, 6) is 0. The maximum Gasteiger partial charge on any atom is 1.00 e. The van der Waals surface area contributed by atoms with Gasteiger partial charge in [-0.05, 0) is 82.9 Å². The van der Waals surface area contributed by atoms with Crippen LogP contribution in [0.5, 0.6) is 0 Å². The van der Waals surface area contributed by atoms with Gasteiger partial charge in [0.15, 0.2) is 0 Å². The number of carbonyl (C=O) groups excluding carboxylic acids is 1. The van der Waals surface area contributed by atoms with E-state index in [0.29, 0.717) is 24.3 Å². The standard InChI is InChI=1S/C33H24N2O19S6.6Na/c36-33(34-19-5-1-3-17(11-19)23-7-9-27(57(43,44)45)25-13-21(55(37,38)39)15-29(31(23)25)59(49,50)51)35-20-6-2-4-18(12-20)24-8-10-28(58(46,47)48)26-14-22(56(40,41)42)16-30(32(24)26)60(52,53)54;;;;;;/h1-16H,(H2,34,35,36)(H,37,38,39)(H,40,41,42)(H,43,44,45)(H,46,47,48)(H,49,50,51)(H,52,53,54);;;;;;/q;6*+1/p-6. The predicted molar refractivity (Wildman–Crippen MR) is 199 cm³/mol. The van der Waals surface area contributed by atoms with Crippen LogP contribution >= 0.6 is 0 Å². The fourth-order valence-electron chi connectivity index (χ4n) is 6.21. The minimum Gasteiger partial charge on any atom is -0.744 e. The van der Waals surface area contributed by atoms with Gasteiger partial charge in [0, 0.05) is 32.9 Å². The summed E-state index contributed by atoms with van der Waals surface area (Å²) < 4.78 is 217. The van der Waals surface area contributed by atoms with Gasteiger partial charge in [-0.1, -0.05) is 36.4 Å². The molecule has 6 rings (SSSR count). The van der Waals surface area contributed by atoms with Crippen molar-refractivity contribution >= 4 is 99.7 Å². The Bertz CT molecular complexity index is 3350. The van der Waals surface area contributed by atoms with Crippen LogP contribution in [0.2, 0.25) is 0 Å². The van der Waals surface area contributed by atoms with Crippen molar-refractivity contribution in [2.45, 2.75) is 29.4 Å². The summed E-state index contributed by atoms with van der Waals surface area (Å²) in [7, 11) is -33.4. The SMILES string of the molecule is O=C(Nc1cccc(-c2ccc(S(=O)(=O)[O-])c3cc(S(=O)(=O)[O-])cc(S(=O)(=O)[O-])c23)c1)Nc1cccc(-c2ccc(S(=O)(=O)[O-])c3cc(S(=O)(=O)[O-])cc(S(=O)(=O)[O-])c23)c1.[Na+].[Na+].[Na+].[Na+].[Na+].[Na+]. The van der Waals surface area contributed by atoms with Gasteiger partial charge in [0.25, 0.3) is 0 Å². The number of hydrogen-bond acceptors (Lipinski definition) is 19. The molecule has 33 heteroatoms. The van der Waals surface area contributed by atoms with E-state index in [1.807, 2.05) is 0 Å². The first-order chi connectivity index (χ1) is 27.4. The third-order valence-corrected chi connectivity index (χ3v) is 13.7. The second kappa shape index (κ2) is 24.5. The van der Waals surface area contributed by atoms with Crippen LogP contribution in [0.25, 0.3) is 43.8 Å². The molecule has 0 bridgehead atoms. The van der Waals surface area contributed by atoms with Crippen LogP contribution in [0.4, 0.5) is 16.2 Å². The minimum atomic E-state index is -5.68. The van der Waals surface area contributed by atoms with E-state index in [2.05, 4.69) is 10.6 Å². The zero-order valence-corrected chi connectivity index (χ0v) is 51.8. The van der Waals surface area contributed by atoms with Crippen molar-refractivity contribution in [3.8, 4) is 22.3 Å². The molecule has 0 aliphatic carbocycles. The summed E-state index contributed by atoms with van der Waals surface area (Å²) in [6.45, 7) is 0. The van der Waals surface area contributed by atoms with Gasteiger partial charge >= 0.3 is 183 Å². The number of anilines is 2. The van der Waals surface area contributed by atoms with Crippen LogP contribution in [-0.2, 0) is 60.7 Å². The number of urea groups is 1. The predicted octanol–water partition coefficient (Wildman–Crippen LogP) is -15.6. The van der Waals surface area contributed by atoms with Gasteiger partial charge in [-0.2, -0.15) is 0 Å². The Morgan fingerprint density at radius 1 is 0.364 bits per heavy atom. The third kappa shape index (κ3) is 15.3. The molecule has 0 saturated carbocycles. The van der Waals surface area contributed by atoms with E-state index >= 15 is 0 Å². The third-order valence-electron chi connectivity index (χ3n) is 8.54. The number of fused-ring (bicyclic) bond motifs is 2. The summed E-state index contributed by atoms with van der Waals surface area (Å²) in [6, 6.07) is 13.5. The Kier molecular flexibility index (Phi) is 24.7. The quantitative estimate of drug-likeness (QED) is 0.0950. The Labute approximate surface area is 510 Å². The van der Waals surface area contributed by atoms with Gasteiger partial charge < -0.3 is 38.0 Å². The first-order valence-corrected chi connectivity index (χ1v) is 24.2. The average Bonchev–Trinajstić information content (AvgIpc) is 3.10. The Morgan fingerprint density at radius 2 is 0.667 bits per heavy atom. The second-order valence-electron chi connectivity index (χ2n) is 12.4. The van der Waals surface area contributed by atoms with Crippen LogP contribution in [0.3, 0.4) is 0 Å². The molecule has 0 aliphatic heterocycles. The summed E-state index contributed by atoms with van der Waals surface area (Å²) >= 11 is 0. The molecule has 6 aromatic rings. The number of hydrogen-bond donors (Lipinski definition) is 2. The van der Waals surface area contributed by atoms with E-state index in [0.717, 1.165) is 12.1 Å². The van der Waals surface area contributed by atoms with Gasteiger partial charge in [-0.3, -0.25) is 0 Å². The van der Waals surface area contributed by atoms with Crippen LogP contribution in [-0.4, -0.2) is 83.9 Å². The molecule has 0 saturated heterocycles. The van der Waals surface area contributed by atoms with E-state index in [4.69, 9.17) is 0 Å². The van der Waals surface area contributed by atoms with Gasteiger partial charge in [-0.15, -0.1) is 0 Å². The molecule has 0 heterocycles. The van der Waals surface area contributed by atoms with Crippen molar-refractivity contribution in [3.05, 3.63) is 97.1 Å². The average molecular weight is 1080 g/mol. The molecule has 316 valence electrons. The number of amides is 2. The molecule has 0 atom stereocenters. The molecular formula is C33H18N2Na6O19S6. The molecule has 0 spiro atoms. The Hall–Kier alpha value is 0.570. The summed E-state index contributed by atoms with van der Waals surface area (Å²) in [5, 5.41) is 1.55. The molecule has 0 fully saturated rings. The van der Waals surface area contributed by atoms with Crippen molar-refractivity contribution in [3.63, 3.8) is 0 Å². The van der Waals surface area contributed by atoms with Crippen molar-refractivity contribution in [2.24, 2.45) is 0 Å². The Balaban J connectivity index is 0.00000704. The van der Waals surface area contributed by atoms with E-state index < -0.39 is 118 Å². The van der Waals surface area contributed by atoms with E-state index in [1.54, 1.807) is 0 Å². The maximum absolute atomic E-state index is 13.2. The molecule has 0 unspecified atom stereocenters. The normalized spacial score (nSPS) is 11.8. The molecule has 66 heavy (non-hydrogen) atoms. The van der Waals surface area contributed by atoms with E-state index in [-0.39, 0.29) is 223 Å². The summed E-state index contributed by atoms with van der Waals surface area (Å²) in [4.78, 5) is 5.48. The van der Waals surface area contributed by atoms with E-state index in [9.17, 15) is 82.6 Å². The first-order valence-electron chi connectivity index (χ1n) is 15.7. The van der Waals surface area contributed by atoms with Gasteiger partial charge in [-0.25, -0.2) is 55.3 Å². The monoisotopic (exact) mass is 1080 g/mol. The molecule has 2 N–H and O–H groups in total. The molecular weight excluding hydrogens is 1060 g/mol. The number of carbonyl (C=O) groups is 1. The smallest absolute Gasteiger partial charge is 0.744 e. The number of benzene rings is 6. The van der Waals surface area contributed by atoms with E-state index in [1.165, 1.54) is 48.5 Å². The molecule has 6 aromatic carbocycles. The van der Waals surface area contributed by atoms with Gasteiger partial charge in [0.2, 0.25) is 0 Å². The van der Waals surface area contributed by atoms with Crippen LogP contribution in [0.1, 0.15) is 0 Å². The minimum absolute atomic E-state index is 0. The maximum atomic E-state index is 13.2. The Morgan fingerprint density at radius 3 is 0.939 bits per heavy atom. The van der Waals surface area contributed by atoms with Crippen LogP contribution in [0, 0.1) is 0 Å². The molecule has 0 aliphatic rings. The van der Waals surface area contributed by atoms with Gasteiger partial charge in [0.05, 0.1) is 29.4 Å². The fourth-order valence-corrected chi connectivity index (χ4v) is 10.2. The zero-order chi connectivity index (χ0) is 44.5.